The Bertz CT molecular complexity index is 525. The first-order chi connectivity index (χ1) is 7.61. The lowest BCUT2D eigenvalue weighted by Crippen LogP contribution is -1.85. The van der Waals surface area contributed by atoms with Gasteiger partial charge in [-0.3, -0.25) is 0 Å². The maximum Gasteiger partial charge on any atom is 0.133 e. The second-order valence-corrected chi connectivity index (χ2v) is 5.22. The summed E-state index contributed by atoms with van der Waals surface area (Å²) in [5.41, 5.74) is 1.42. The van der Waals surface area contributed by atoms with E-state index in [9.17, 15) is 4.39 Å². The van der Waals surface area contributed by atoms with Crippen molar-refractivity contribution in [3.05, 3.63) is 34.2 Å². The average molecular weight is 301 g/mol. The standard InChI is InChI=1S/C11H10BrFN2S/c1-6-10(14-2)16-11(15-6)8-5-7(12)3-4-9(8)13/h3-5,14H,1-2H3. The minimum absolute atomic E-state index is 0.250. The van der Waals surface area contributed by atoms with Crippen LogP contribution in [-0.4, -0.2) is 12.0 Å². The summed E-state index contributed by atoms with van der Waals surface area (Å²) in [7, 11) is 1.83. The van der Waals surface area contributed by atoms with Gasteiger partial charge in [0, 0.05) is 17.1 Å². The summed E-state index contributed by atoms with van der Waals surface area (Å²) in [6, 6.07) is 4.86. The maximum atomic E-state index is 13.6. The molecule has 1 aromatic heterocycles. The number of anilines is 1. The number of nitrogens with one attached hydrogen (secondary N) is 1. The fourth-order valence-electron chi connectivity index (χ4n) is 1.40. The molecule has 0 saturated heterocycles. The van der Waals surface area contributed by atoms with E-state index in [0.717, 1.165) is 15.2 Å². The van der Waals surface area contributed by atoms with Crippen LogP contribution in [0.25, 0.3) is 10.6 Å². The van der Waals surface area contributed by atoms with E-state index in [0.29, 0.717) is 10.6 Å². The van der Waals surface area contributed by atoms with Crippen molar-refractivity contribution in [3.8, 4) is 10.6 Å². The van der Waals surface area contributed by atoms with Gasteiger partial charge in [0.2, 0.25) is 0 Å². The van der Waals surface area contributed by atoms with Crippen LogP contribution in [0.15, 0.2) is 22.7 Å². The first-order valence-corrected chi connectivity index (χ1v) is 6.33. The van der Waals surface area contributed by atoms with Gasteiger partial charge in [-0.15, -0.1) is 0 Å². The molecule has 1 heterocycles. The van der Waals surface area contributed by atoms with E-state index in [-0.39, 0.29) is 5.82 Å². The van der Waals surface area contributed by atoms with Crippen molar-refractivity contribution in [2.45, 2.75) is 6.92 Å². The Morgan fingerprint density at radius 3 is 2.81 bits per heavy atom. The van der Waals surface area contributed by atoms with Crippen molar-refractivity contribution in [2.75, 3.05) is 12.4 Å². The SMILES string of the molecule is CNc1sc(-c2cc(Br)ccc2F)nc1C. The molecule has 5 heteroatoms. The predicted molar refractivity (Wildman–Crippen MR) is 69.5 cm³/mol. The molecule has 0 atom stereocenters. The van der Waals surface area contributed by atoms with Gasteiger partial charge in [-0.1, -0.05) is 27.3 Å². The topological polar surface area (TPSA) is 24.9 Å². The van der Waals surface area contributed by atoms with E-state index in [1.165, 1.54) is 17.4 Å². The second-order valence-electron chi connectivity index (χ2n) is 3.31. The Balaban J connectivity index is 2.53. The minimum Gasteiger partial charge on any atom is -0.378 e. The smallest absolute Gasteiger partial charge is 0.133 e. The largest absolute Gasteiger partial charge is 0.378 e. The molecule has 0 aliphatic heterocycles. The Morgan fingerprint density at radius 1 is 1.44 bits per heavy atom. The molecule has 0 amide bonds. The number of aryl methyl sites for hydroxylation is 1. The molecule has 1 aromatic carbocycles. The Labute approximate surface area is 106 Å². The Hall–Kier alpha value is -0.940. The zero-order chi connectivity index (χ0) is 11.7. The van der Waals surface area contributed by atoms with Gasteiger partial charge >= 0.3 is 0 Å². The van der Waals surface area contributed by atoms with Gasteiger partial charge in [0.15, 0.2) is 0 Å². The van der Waals surface area contributed by atoms with Crippen LogP contribution in [0.1, 0.15) is 5.69 Å². The number of aromatic nitrogens is 1. The van der Waals surface area contributed by atoms with E-state index in [1.54, 1.807) is 12.1 Å². The number of rotatable bonds is 2. The molecule has 16 heavy (non-hydrogen) atoms. The molecule has 0 saturated carbocycles. The molecular formula is C11H10BrFN2S. The van der Waals surface area contributed by atoms with E-state index in [2.05, 4.69) is 26.2 Å². The van der Waals surface area contributed by atoms with E-state index < -0.39 is 0 Å². The van der Waals surface area contributed by atoms with Crippen LogP contribution in [0.5, 0.6) is 0 Å². The zero-order valence-electron chi connectivity index (χ0n) is 8.84. The fraction of sp³-hybridized carbons (Fsp3) is 0.182. The summed E-state index contributed by atoms with van der Waals surface area (Å²) in [5, 5.41) is 4.70. The summed E-state index contributed by atoms with van der Waals surface area (Å²) in [6.07, 6.45) is 0. The van der Waals surface area contributed by atoms with Gasteiger partial charge in [-0.05, 0) is 25.1 Å². The third kappa shape index (κ3) is 2.10. The van der Waals surface area contributed by atoms with Gasteiger partial charge < -0.3 is 5.32 Å². The summed E-state index contributed by atoms with van der Waals surface area (Å²) in [5.74, 6) is -0.250. The quantitative estimate of drug-likeness (QED) is 0.904. The number of hydrogen-bond donors (Lipinski definition) is 1. The molecule has 84 valence electrons. The number of hydrogen-bond acceptors (Lipinski definition) is 3. The fourth-order valence-corrected chi connectivity index (χ4v) is 2.70. The van der Waals surface area contributed by atoms with Gasteiger partial charge in [0.25, 0.3) is 0 Å². The molecule has 0 bridgehead atoms. The van der Waals surface area contributed by atoms with Crippen molar-refractivity contribution in [1.29, 1.82) is 0 Å². The molecule has 0 fully saturated rings. The second kappa shape index (κ2) is 4.51. The minimum atomic E-state index is -0.250. The van der Waals surface area contributed by atoms with Crippen molar-refractivity contribution in [3.63, 3.8) is 0 Å². The molecule has 1 N–H and O–H groups in total. The molecule has 2 nitrogen and oxygen atoms in total. The van der Waals surface area contributed by atoms with Gasteiger partial charge in [0.05, 0.1) is 5.69 Å². The lowest BCUT2D eigenvalue weighted by Gasteiger charge is -1.99. The summed E-state index contributed by atoms with van der Waals surface area (Å²) in [6.45, 7) is 1.90. The van der Waals surface area contributed by atoms with Crippen molar-refractivity contribution < 1.29 is 4.39 Å². The van der Waals surface area contributed by atoms with Crippen molar-refractivity contribution >= 4 is 32.3 Å². The first kappa shape index (κ1) is 11.5. The Morgan fingerprint density at radius 2 is 2.19 bits per heavy atom. The summed E-state index contributed by atoms with van der Waals surface area (Å²) in [4.78, 5) is 4.35. The lowest BCUT2D eigenvalue weighted by molar-refractivity contribution is 0.631. The number of benzene rings is 1. The normalized spacial score (nSPS) is 10.5. The van der Waals surface area contributed by atoms with E-state index in [4.69, 9.17) is 0 Å². The lowest BCUT2D eigenvalue weighted by atomic mass is 10.2. The Kier molecular flexibility index (Phi) is 3.25. The number of halogens is 2. The highest BCUT2D eigenvalue weighted by Gasteiger charge is 2.12. The molecule has 2 rings (SSSR count). The van der Waals surface area contributed by atoms with Gasteiger partial charge in [-0.2, -0.15) is 0 Å². The van der Waals surface area contributed by atoms with Crippen molar-refractivity contribution in [2.24, 2.45) is 0 Å². The highest BCUT2D eigenvalue weighted by molar-refractivity contribution is 9.10. The van der Waals surface area contributed by atoms with Gasteiger partial charge in [-0.25, -0.2) is 9.37 Å². The highest BCUT2D eigenvalue weighted by atomic mass is 79.9. The van der Waals surface area contributed by atoms with Crippen LogP contribution in [0.3, 0.4) is 0 Å². The zero-order valence-corrected chi connectivity index (χ0v) is 11.2. The van der Waals surface area contributed by atoms with Crippen LogP contribution in [0, 0.1) is 12.7 Å². The van der Waals surface area contributed by atoms with E-state index >= 15 is 0 Å². The summed E-state index contributed by atoms with van der Waals surface area (Å²) < 4.78 is 14.5. The molecule has 0 aliphatic carbocycles. The van der Waals surface area contributed by atoms with Crippen LogP contribution in [-0.2, 0) is 0 Å². The monoisotopic (exact) mass is 300 g/mol. The van der Waals surface area contributed by atoms with Gasteiger partial charge in [0.1, 0.15) is 15.8 Å². The molecule has 0 aliphatic rings. The van der Waals surface area contributed by atoms with Crippen LogP contribution < -0.4 is 5.32 Å². The molecule has 0 radical (unpaired) electrons. The number of thiazole rings is 1. The molecule has 2 aromatic rings. The molecule has 0 spiro atoms. The van der Waals surface area contributed by atoms with Crippen LogP contribution >= 0.6 is 27.3 Å². The van der Waals surface area contributed by atoms with E-state index in [1.807, 2.05) is 14.0 Å². The highest BCUT2D eigenvalue weighted by Crippen LogP contribution is 2.34. The number of nitrogens with zero attached hydrogens (tertiary/aromatic N) is 1. The van der Waals surface area contributed by atoms with Crippen LogP contribution in [0.2, 0.25) is 0 Å². The summed E-state index contributed by atoms with van der Waals surface area (Å²) >= 11 is 4.78. The molecular weight excluding hydrogens is 291 g/mol. The predicted octanol–water partition coefficient (Wildman–Crippen LogP) is 4.06. The van der Waals surface area contributed by atoms with Crippen LogP contribution in [0.4, 0.5) is 9.39 Å². The first-order valence-electron chi connectivity index (χ1n) is 4.72. The third-order valence-corrected chi connectivity index (χ3v) is 3.88. The molecule has 0 unspecified atom stereocenters. The van der Waals surface area contributed by atoms with Crippen molar-refractivity contribution in [1.82, 2.24) is 4.98 Å². The average Bonchev–Trinajstić information content (AvgIpc) is 2.63. The third-order valence-electron chi connectivity index (χ3n) is 2.18. The maximum absolute atomic E-state index is 13.6.